The van der Waals surface area contributed by atoms with E-state index in [9.17, 15) is 9.59 Å². The molecule has 0 spiro atoms. The molecular formula is C19H27N3O2. The average Bonchev–Trinajstić information content (AvgIpc) is 2.84. The van der Waals surface area contributed by atoms with E-state index in [0.717, 1.165) is 49.3 Å². The summed E-state index contributed by atoms with van der Waals surface area (Å²) in [5, 5.41) is 6.32. The van der Waals surface area contributed by atoms with Crippen LogP contribution in [0.2, 0.25) is 0 Å². The van der Waals surface area contributed by atoms with Gasteiger partial charge in [0.1, 0.15) is 0 Å². The van der Waals surface area contributed by atoms with Gasteiger partial charge in [-0.2, -0.15) is 0 Å². The molecule has 1 aromatic carbocycles. The maximum Gasteiger partial charge on any atom is 0.224 e. The Morgan fingerprint density at radius 2 is 1.96 bits per heavy atom. The highest BCUT2D eigenvalue weighted by Crippen LogP contribution is 2.26. The Morgan fingerprint density at radius 1 is 1.21 bits per heavy atom. The molecule has 2 heterocycles. The van der Waals surface area contributed by atoms with Gasteiger partial charge >= 0.3 is 0 Å². The number of benzene rings is 1. The van der Waals surface area contributed by atoms with Gasteiger partial charge in [0.2, 0.25) is 11.8 Å². The van der Waals surface area contributed by atoms with Crippen molar-refractivity contribution in [2.75, 3.05) is 23.7 Å². The van der Waals surface area contributed by atoms with Gasteiger partial charge < -0.3 is 15.5 Å². The summed E-state index contributed by atoms with van der Waals surface area (Å²) in [5.74, 6) is 0.335. The zero-order chi connectivity index (χ0) is 16.9. The van der Waals surface area contributed by atoms with Crippen LogP contribution >= 0.6 is 0 Å². The Balaban J connectivity index is 1.55. The van der Waals surface area contributed by atoms with E-state index < -0.39 is 0 Å². The number of aryl methyl sites for hydroxylation is 1. The van der Waals surface area contributed by atoms with E-state index in [-0.39, 0.29) is 17.9 Å². The number of anilines is 2. The summed E-state index contributed by atoms with van der Waals surface area (Å²) in [6.07, 6.45) is 6.58. The Hall–Kier alpha value is -2.04. The van der Waals surface area contributed by atoms with Gasteiger partial charge in [-0.25, -0.2) is 0 Å². The van der Waals surface area contributed by atoms with Gasteiger partial charge in [-0.3, -0.25) is 9.59 Å². The molecule has 2 aliphatic heterocycles. The summed E-state index contributed by atoms with van der Waals surface area (Å²) < 4.78 is 0. The van der Waals surface area contributed by atoms with Gasteiger partial charge in [0.05, 0.1) is 0 Å². The second-order valence-electron chi connectivity index (χ2n) is 6.96. The van der Waals surface area contributed by atoms with Crippen LogP contribution in [-0.4, -0.2) is 35.8 Å². The maximum absolute atomic E-state index is 12.5. The van der Waals surface area contributed by atoms with Crippen LogP contribution in [0.5, 0.6) is 0 Å². The largest absolute Gasteiger partial charge is 0.382 e. The van der Waals surface area contributed by atoms with Gasteiger partial charge in [0, 0.05) is 43.3 Å². The topological polar surface area (TPSA) is 61.4 Å². The van der Waals surface area contributed by atoms with E-state index in [1.165, 1.54) is 12.8 Å². The number of hydrogen-bond donors (Lipinski definition) is 2. The highest BCUT2D eigenvalue weighted by atomic mass is 16.2. The summed E-state index contributed by atoms with van der Waals surface area (Å²) in [5.41, 5.74) is 3.08. The summed E-state index contributed by atoms with van der Waals surface area (Å²) >= 11 is 0. The number of amides is 2. The number of nitrogens with zero attached hydrogens (tertiary/aromatic N) is 1. The maximum atomic E-state index is 12.5. The SMILES string of the molecule is C[C@H](CC(=O)N1CCCCCC1)Nc1ccc2c(c1)CCC(=O)N2. The van der Waals surface area contributed by atoms with Gasteiger partial charge in [0.25, 0.3) is 0 Å². The van der Waals surface area contributed by atoms with E-state index in [2.05, 4.69) is 23.6 Å². The van der Waals surface area contributed by atoms with Crippen molar-refractivity contribution < 1.29 is 9.59 Å². The predicted molar refractivity (Wildman–Crippen MR) is 96.1 cm³/mol. The van der Waals surface area contributed by atoms with Crippen LogP contribution in [0, 0.1) is 0 Å². The highest BCUT2D eigenvalue weighted by Gasteiger charge is 2.19. The lowest BCUT2D eigenvalue weighted by Crippen LogP contribution is -2.35. The lowest BCUT2D eigenvalue weighted by Gasteiger charge is -2.24. The van der Waals surface area contributed by atoms with E-state index in [1.807, 2.05) is 17.0 Å². The standard InChI is InChI=1S/C19H27N3O2/c1-14(12-19(24)22-10-4-2-3-5-11-22)20-16-7-8-17-15(13-16)6-9-18(23)21-17/h7-8,13-14,20H,2-6,9-12H2,1H3,(H,21,23)/t14-/m1/s1. The first-order chi connectivity index (χ1) is 11.6. The van der Waals surface area contributed by atoms with Crippen molar-refractivity contribution in [3.63, 3.8) is 0 Å². The normalized spacial score (nSPS) is 19.0. The van der Waals surface area contributed by atoms with Crippen molar-refractivity contribution in [2.45, 2.75) is 57.9 Å². The monoisotopic (exact) mass is 329 g/mol. The third kappa shape index (κ3) is 4.28. The third-order valence-electron chi connectivity index (χ3n) is 4.85. The highest BCUT2D eigenvalue weighted by molar-refractivity contribution is 5.94. The summed E-state index contributed by atoms with van der Waals surface area (Å²) in [6, 6.07) is 6.09. The van der Waals surface area contributed by atoms with Crippen LogP contribution in [-0.2, 0) is 16.0 Å². The van der Waals surface area contributed by atoms with Gasteiger partial charge in [-0.15, -0.1) is 0 Å². The molecule has 0 bridgehead atoms. The number of rotatable bonds is 4. The molecule has 24 heavy (non-hydrogen) atoms. The van der Waals surface area contributed by atoms with E-state index in [0.29, 0.717) is 12.8 Å². The van der Waals surface area contributed by atoms with E-state index in [4.69, 9.17) is 0 Å². The fourth-order valence-corrected chi connectivity index (χ4v) is 3.52. The molecule has 1 atom stereocenters. The first-order valence-corrected chi connectivity index (χ1v) is 9.09. The van der Waals surface area contributed by atoms with E-state index in [1.54, 1.807) is 0 Å². The minimum Gasteiger partial charge on any atom is -0.382 e. The lowest BCUT2D eigenvalue weighted by molar-refractivity contribution is -0.131. The van der Waals surface area contributed by atoms with E-state index >= 15 is 0 Å². The number of fused-ring (bicyclic) bond motifs is 1. The number of carbonyl (C=O) groups excluding carboxylic acids is 2. The molecule has 1 fully saturated rings. The minimum absolute atomic E-state index is 0.0830. The Labute approximate surface area is 143 Å². The van der Waals surface area contributed by atoms with Crippen molar-refractivity contribution in [1.29, 1.82) is 0 Å². The molecule has 0 aromatic heterocycles. The zero-order valence-corrected chi connectivity index (χ0v) is 14.4. The summed E-state index contributed by atoms with van der Waals surface area (Å²) in [7, 11) is 0. The molecule has 130 valence electrons. The molecule has 1 saturated heterocycles. The number of carbonyl (C=O) groups is 2. The van der Waals surface area contributed by atoms with Crippen LogP contribution < -0.4 is 10.6 Å². The molecule has 5 heteroatoms. The quantitative estimate of drug-likeness (QED) is 0.892. The molecule has 0 saturated carbocycles. The Morgan fingerprint density at radius 3 is 2.71 bits per heavy atom. The number of nitrogens with one attached hydrogen (secondary N) is 2. The minimum atomic E-state index is 0.0830. The molecule has 5 nitrogen and oxygen atoms in total. The van der Waals surface area contributed by atoms with Crippen molar-refractivity contribution >= 4 is 23.2 Å². The molecule has 2 N–H and O–H groups in total. The number of hydrogen-bond acceptors (Lipinski definition) is 3. The second kappa shape index (κ2) is 7.69. The lowest BCUT2D eigenvalue weighted by atomic mass is 10.0. The average molecular weight is 329 g/mol. The summed E-state index contributed by atoms with van der Waals surface area (Å²) in [6.45, 7) is 3.87. The van der Waals surface area contributed by atoms with Crippen molar-refractivity contribution in [3.8, 4) is 0 Å². The smallest absolute Gasteiger partial charge is 0.224 e. The first kappa shape index (κ1) is 16.8. The molecule has 0 radical (unpaired) electrons. The molecule has 3 rings (SSSR count). The molecule has 2 aliphatic rings. The van der Waals surface area contributed by atoms with Crippen molar-refractivity contribution in [3.05, 3.63) is 23.8 Å². The zero-order valence-electron chi connectivity index (χ0n) is 14.4. The van der Waals surface area contributed by atoms with Crippen LogP contribution in [0.1, 0.15) is 51.0 Å². The van der Waals surface area contributed by atoms with Crippen molar-refractivity contribution in [1.82, 2.24) is 4.90 Å². The van der Waals surface area contributed by atoms with Gasteiger partial charge in [-0.05, 0) is 49.9 Å². The second-order valence-corrected chi connectivity index (χ2v) is 6.96. The molecule has 1 aromatic rings. The fraction of sp³-hybridized carbons (Fsp3) is 0.579. The van der Waals surface area contributed by atoms with Crippen LogP contribution in [0.15, 0.2) is 18.2 Å². The van der Waals surface area contributed by atoms with Gasteiger partial charge in [0.15, 0.2) is 0 Å². The fourth-order valence-electron chi connectivity index (χ4n) is 3.52. The Kier molecular flexibility index (Phi) is 5.38. The van der Waals surface area contributed by atoms with Gasteiger partial charge in [-0.1, -0.05) is 12.8 Å². The number of likely N-dealkylation sites (tertiary alicyclic amines) is 1. The molecule has 0 aliphatic carbocycles. The molecule has 2 amide bonds. The molecule has 0 unspecified atom stereocenters. The summed E-state index contributed by atoms with van der Waals surface area (Å²) in [4.78, 5) is 25.9. The third-order valence-corrected chi connectivity index (χ3v) is 4.85. The Bertz CT molecular complexity index is 607. The predicted octanol–water partition coefficient (Wildman–Crippen LogP) is 3.16. The van der Waals surface area contributed by atoms with Crippen LogP contribution in [0.25, 0.3) is 0 Å². The first-order valence-electron chi connectivity index (χ1n) is 9.09. The van der Waals surface area contributed by atoms with Crippen molar-refractivity contribution in [2.24, 2.45) is 0 Å². The molecular weight excluding hydrogens is 302 g/mol. The van der Waals surface area contributed by atoms with Crippen LogP contribution in [0.4, 0.5) is 11.4 Å². The van der Waals surface area contributed by atoms with Crippen LogP contribution in [0.3, 0.4) is 0 Å².